The number of nitrogens with one attached hydrogen (secondary N) is 1. The van der Waals surface area contributed by atoms with Crippen LogP contribution in [0.4, 0.5) is 0 Å². The van der Waals surface area contributed by atoms with E-state index in [1.54, 1.807) is 7.11 Å². The SMILES string of the molecule is COc1ccc(Cl)cc1CC(CN)c1c[nH]c2ccc(Cl)cc12. The largest absolute Gasteiger partial charge is 0.496 e. The van der Waals surface area contributed by atoms with Gasteiger partial charge in [-0.25, -0.2) is 0 Å². The molecule has 120 valence electrons. The highest BCUT2D eigenvalue weighted by atomic mass is 35.5. The number of benzene rings is 2. The minimum absolute atomic E-state index is 0.148. The number of hydrogen-bond acceptors (Lipinski definition) is 2. The summed E-state index contributed by atoms with van der Waals surface area (Å²) in [5.74, 6) is 0.973. The van der Waals surface area contributed by atoms with Gasteiger partial charge in [-0.2, -0.15) is 0 Å². The summed E-state index contributed by atoms with van der Waals surface area (Å²) in [5, 5.41) is 2.52. The number of ether oxygens (including phenoxy) is 1. The van der Waals surface area contributed by atoms with Crippen molar-refractivity contribution in [2.24, 2.45) is 5.73 Å². The zero-order valence-corrected chi connectivity index (χ0v) is 14.3. The van der Waals surface area contributed by atoms with Crippen LogP contribution in [-0.2, 0) is 6.42 Å². The Bertz CT molecular complexity index is 829. The number of aromatic nitrogens is 1. The highest BCUT2D eigenvalue weighted by Gasteiger charge is 2.17. The van der Waals surface area contributed by atoms with Gasteiger partial charge in [-0.3, -0.25) is 0 Å². The van der Waals surface area contributed by atoms with E-state index in [0.29, 0.717) is 11.6 Å². The van der Waals surface area contributed by atoms with E-state index in [0.717, 1.165) is 39.2 Å². The average molecular weight is 349 g/mol. The summed E-state index contributed by atoms with van der Waals surface area (Å²) >= 11 is 12.3. The van der Waals surface area contributed by atoms with Gasteiger partial charge in [0.05, 0.1) is 7.11 Å². The van der Waals surface area contributed by atoms with Crippen molar-refractivity contribution >= 4 is 34.1 Å². The topological polar surface area (TPSA) is 51.0 Å². The number of halogens is 2. The van der Waals surface area contributed by atoms with E-state index in [2.05, 4.69) is 4.98 Å². The van der Waals surface area contributed by atoms with Crippen LogP contribution in [0, 0.1) is 0 Å². The molecular formula is C18H18Cl2N2O. The number of fused-ring (bicyclic) bond motifs is 1. The molecule has 0 spiro atoms. The van der Waals surface area contributed by atoms with Gasteiger partial charge in [-0.15, -0.1) is 0 Å². The molecule has 0 bridgehead atoms. The molecule has 3 aromatic rings. The summed E-state index contributed by atoms with van der Waals surface area (Å²) in [6.07, 6.45) is 2.76. The molecule has 5 heteroatoms. The van der Waals surface area contributed by atoms with Crippen molar-refractivity contribution in [1.82, 2.24) is 4.98 Å². The van der Waals surface area contributed by atoms with Gasteiger partial charge in [0.25, 0.3) is 0 Å². The maximum Gasteiger partial charge on any atom is 0.122 e. The minimum Gasteiger partial charge on any atom is -0.496 e. The van der Waals surface area contributed by atoms with Crippen LogP contribution < -0.4 is 10.5 Å². The first-order valence-corrected chi connectivity index (χ1v) is 8.17. The molecule has 0 fully saturated rings. The third-order valence-corrected chi connectivity index (χ3v) is 4.58. The Balaban J connectivity index is 1.99. The van der Waals surface area contributed by atoms with E-state index in [9.17, 15) is 0 Å². The fourth-order valence-electron chi connectivity index (χ4n) is 2.94. The summed E-state index contributed by atoms with van der Waals surface area (Å²) in [7, 11) is 1.66. The fourth-order valence-corrected chi connectivity index (χ4v) is 3.31. The average Bonchev–Trinajstić information content (AvgIpc) is 2.95. The molecule has 1 unspecified atom stereocenters. The molecule has 23 heavy (non-hydrogen) atoms. The number of H-pyrrole nitrogens is 1. The number of rotatable bonds is 5. The molecule has 2 aromatic carbocycles. The van der Waals surface area contributed by atoms with Gasteiger partial charge in [-0.1, -0.05) is 23.2 Å². The smallest absolute Gasteiger partial charge is 0.122 e. The summed E-state index contributed by atoms with van der Waals surface area (Å²) in [5.41, 5.74) is 9.31. The highest BCUT2D eigenvalue weighted by Crippen LogP contribution is 2.32. The third kappa shape index (κ3) is 3.32. The molecular weight excluding hydrogens is 331 g/mol. The summed E-state index contributed by atoms with van der Waals surface area (Å²) in [4.78, 5) is 3.28. The predicted octanol–water partition coefficient (Wildman–Crippen LogP) is 4.77. The van der Waals surface area contributed by atoms with E-state index in [4.69, 9.17) is 33.7 Å². The van der Waals surface area contributed by atoms with E-state index >= 15 is 0 Å². The van der Waals surface area contributed by atoms with Crippen LogP contribution in [-0.4, -0.2) is 18.6 Å². The van der Waals surface area contributed by atoms with Crippen molar-refractivity contribution in [2.45, 2.75) is 12.3 Å². The quantitative estimate of drug-likeness (QED) is 0.697. The third-order valence-electron chi connectivity index (χ3n) is 4.11. The molecule has 0 aliphatic rings. The number of methoxy groups -OCH3 is 1. The van der Waals surface area contributed by atoms with Gasteiger partial charge in [0.15, 0.2) is 0 Å². The van der Waals surface area contributed by atoms with E-state index in [-0.39, 0.29) is 5.92 Å². The zero-order chi connectivity index (χ0) is 16.4. The van der Waals surface area contributed by atoms with Crippen LogP contribution in [0.15, 0.2) is 42.6 Å². The van der Waals surface area contributed by atoms with Crippen molar-refractivity contribution in [1.29, 1.82) is 0 Å². The monoisotopic (exact) mass is 348 g/mol. The Labute approximate surface area is 145 Å². The standard InChI is InChI=1S/C18H18Cl2N2O/c1-23-18-5-3-13(19)7-11(18)6-12(9-21)16-10-22-17-4-2-14(20)8-15(16)17/h2-5,7-8,10,12,22H,6,9,21H2,1H3. The predicted molar refractivity (Wildman–Crippen MR) is 96.8 cm³/mol. The molecule has 3 nitrogen and oxygen atoms in total. The molecule has 3 rings (SSSR count). The second-order valence-electron chi connectivity index (χ2n) is 5.53. The molecule has 1 atom stereocenters. The Morgan fingerprint density at radius 2 is 1.87 bits per heavy atom. The number of aromatic amines is 1. The second-order valence-corrected chi connectivity index (χ2v) is 6.40. The van der Waals surface area contributed by atoms with E-state index in [1.807, 2.05) is 42.6 Å². The summed E-state index contributed by atoms with van der Waals surface area (Å²) < 4.78 is 5.44. The van der Waals surface area contributed by atoms with Gasteiger partial charge in [-0.05, 0) is 60.5 Å². The fraction of sp³-hybridized carbons (Fsp3) is 0.222. The molecule has 1 heterocycles. The van der Waals surface area contributed by atoms with Crippen molar-refractivity contribution in [3.8, 4) is 5.75 Å². The molecule has 0 saturated carbocycles. The van der Waals surface area contributed by atoms with Crippen molar-refractivity contribution in [2.75, 3.05) is 13.7 Å². The number of nitrogens with two attached hydrogens (primary N) is 1. The minimum atomic E-state index is 0.148. The zero-order valence-electron chi connectivity index (χ0n) is 12.8. The van der Waals surface area contributed by atoms with Gasteiger partial charge in [0.2, 0.25) is 0 Å². The normalized spacial score (nSPS) is 12.5. The van der Waals surface area contributed by atoms with Crippen LogP contribution in [0.2, 0.25) is 10.0 Å². The second kappa shape index (κ2) is 6.83. The molecule has 0 amide bonds. The van der Waals surface area contributed by atoms with Crippen LogP contribution in [0.25, 0.3) is 10.9 Å². The molecule has 3 N–H and O–H groups in total. The maximum atomic E-state index is 6.14. The lowest BCUT2D eigenvalue weighted by molar-refractivity contribution is 0.408. The number of hydrogen-bond donors (Lipinski definition) is 2. The molecule has 0 saturated heterocycles. The summed E-state index contributed by atoms with van der Waals surface area (Å²) in [6.45, 7) is 0.523. The lowest BCUT2D eigenvalue weighted by Crippen LogP contribution is -2.15. The molecule has 0 aliphatic heterocycles. The van der Waals surface area contributed by atoms with E-state index < -0.39 is 0 Å². The molecule has 1 aromatic heterocycles. The van der Waals surface area contributed by atoms with Crippen LogP contribution >= 0.6 is 23.2 Å². The Morgan fingerprint density at radius 1 is 1.13 bits per heavy atom. The first-order valence-electron chi connectivity index (χ1n) is 7.41. The lowest BCUT2D eigenvalue weighted by atomic mass is 9.91. The van der Waals surface area contributed by atoms with Crippen molar-refractivity contribution in [3.63, 3.8) is 0 Å². The molecule has 0 radical (unpaired) electrons. The van der Waals surface area contributed by atoms with Crippen molar-refractivity contribution < 1.29 is 4.74 Å². The van der Waals surface area contributed by atoms with Crippen molar-refractivity contribution in [3.05, 3.63) is 63.8 Å². The molecule has 0 aliphatic carbocycles. The lowest BCUT2D eigenvalue weighted by Gasteiger charge is -2.17. The first kappa shape index (κ1) is 16.2. The van der Waals surface area contributed by atoms with Crippen LogP contribution in [0.1, 0.15) is 17.0 Å². The summed E-state index contributed by atoms with van der Waals surface area (Å²) in [6, 6.07) is 11.5. The van der Waals surface area contributed by atoms with E-state index in [1.165, 1.54) is 0 Å². The maximum absolute atomic E-state index is 6.14. The van der Waals surface area contributed by atoms with Crippen LogP contribution in [0.3, 0.4) is 0 Å². The van der Waals surface area contributed by atoms with Gasteiger partial charge in [0, 0.05) is 33.1 Å². The van der Waals surface area contributed by atoms with Crippen LogP contribution in [0.5, 0.6) is 5.75 Å². The van der Waals surface area contributed by atoms with Gasteiger partial charge < -0.3 is 15.5 Å². The van der Waals surface area contributed by atoms with Gasteiger partial charge in [0.1, 0.15) is 5.75 Å². The van der Waals surface area contributed by atoms with Gasteiger partial charge >= 0.3 is 0 Å². The Hall–Kier alpha value is -1.68. The highest BCUT2D eigenvalue weighted by molar-refractivity contribution is 6.31. The Kier molecular flexibility index (Phi) is 4.81. The Morgan fingerprint density at radius 3 is 2.61 bits per heavy atom. The first-order chi connectivity index (χ1) is 11.1.